The van der Waals surface area contributed by atoms with Crippen LogP contribution < -0.4 is 10.3 Å². The predicted octanol–water partition coefficient (Wildman–Crippen LogP) is 4.23. The highest BCUT2D eigenvalue weighted by Crippen LogP contribution is 2.36. The van der Waals surface area contributed by atoms with E-state index in [2.05, 4.69) is 41.8 Å². The van der Waals surface area contributed by atoms with Gasteiger partial charge < -0.3 is 14.8 Å². The van der Waals surface area contributed by atoms with E-state index in [4.69, 9.17) is 4.74 Å². The number of methoxy groups -OCH3 is 1. The fourth-order valence-electron chi connectivity index (χ4n) is 2.39. The molecule has 1 heterocycles. The number of benzene rings is 2. The Kier molecular flexibility index (Phi) is 5.11. The molecular weight excluding hydrogens is 466 g/mol. The Balaban J connectivity index is 2.15. The summed E-state index contributed by atoms with van der Waals surface area (Å²) in [6.45, 7) is 0. The van der Waals surface area contributed by atoms with Crippen molar-refractivity contribution in [2.24, 2.45) is 0 Å². The van der Waals surface area contributed by atoms with Gasteiger partial charge in [0.1, 0.15) is 6.07 Å². The summed E-state index contributed by atoms with van der Waals surface area (Å²) >= 11 is 6.55. The molecule has 6 nitrogen and oxygen atoms in total. The first-order chi connectivity index (χ1) is 12.4. The second-order valence-electron chi connectivity index (χ2n) is 5.30. The largest absolute Gasteiger partial charge is 0.503 e. The van der Waals surface area contributed by atoms with E-state index in [0.29, 0.717) is 20.9 Å². The molecule has 0 saturated carbocycles. The molecule has 0 atom stereocenters. The Hall–Kier alpha value is -2.63. The van der Waals surface area contributed by atoms with E-state index in [9.17, 15) is 15.2 Å². The zero-order chi connectivity index (χ0) is 18.8. The molecule has 0 saturated heterocycles. The molecule has 0 aliphatic carbocycles. The lowest BCUT2D eigenvalue weighted by molar-refractivity contribution is 0.372. The Bertz CT molecular complexity index is 1150. The van der Waals surface area contributed by atoms with Crippen LogP contribution in [0.5, 0.6) is 11.5 Å². The van der Waals surface area contributed by atoms with E-state index in [-0.39, 0.29) is 28.5 Å². The Morgan fingerprint density at radius 3 is 2.81 bits per heavy atom. The number of halogens is 2. The van der Waals surface area contributed by atoms with Crippen LogP contribution in [0, 0.1) is 11.3 Å². The number of nitriles is 1. The molecule has 0 amide bonds. The quantitative estimate of drug-likeness (QED) is 0.551. The van der Waals surface area contributed by atoms with Crippen LogP contribution in [0.25, 0.3) is 22.6 Å². The lowest BCUT2D eigenvalue weighted by atomic mass is 10.1. The van der Waals surface area contributed by atoms with Gasteiger partial charge in [0.05, 0.1) is 28.1 Å². The number of rotatable bonds is 3. The summed E-state index contributed by atoms with van der Waals surface area (Å²) in [7, 11) is 1.43. The number of phenols is 1. The van der Waals surface area contributed by atoms with Gasteiger partial charge in [-0.05, 0) is 57.9 Å². The van der Waals surface area contributed by atoms with E-state index in [0.717, 1.165) is 4.47 Å². The minimum absolute atomic E-state index is 0.0361. The molecular formula is C18H11Br2N3O3. The molecule has 2 N–H and O–H groups in total. The van der Waals surface area contributed by atoms with Crippen molar-refractivity contribution in [2.75, 3.05) is 7.11 Å². The highest BCUT2D eigenvalue weighted by molar-refractivity contribution is 9.10. The first-order valence-corrected chi connectivity index (χ1v) is 8.89. The van der Waals surface area contributed by atoms with Gasteiger partial charge in [-0.25, -0.2) is 4.98 Å². The monoisotopic (exact) mass is 475 g/mol. The van der Waals surface area contributed by atoms with Crippen molar-refractivity contribution in [3.63, 3.8) is 0 Å². The second-order valence-corrected chi connectivity index (χ2v) is 7.07. The van der Waals surface area contributed by atoms with Gasteiger partial charge in [0.25, 0.3) is 5.56 Å². The lowest BCUT2D eigenvalue weighted by Crippen LogP contribution is -2.11. The molecule has 130 valence electrons. The highest BCUT2D eigenvalue weighted by Gasteiger charge is 2.11. The lowest BCUT2D eigenvalue weighted by Gasteiger charge is -2.07. The number of allylic oxidation sites excluding steroid dienone is 1. The summed E-state index contributed by atoms with van der Waals surface area (Å²) in [6.07, 6.45) is 1.55. The van der Waals surface area contributed by atoms with Crippen molar-refractivity contribution in [3.8, 4) is 17.6 Å². The van der Waals surface area contributed by atoms with Gasteiger partial charge >= 0.3 is 0 Å². The van der Waals surface area contributed by atoms with Crippen LogP contribution in [0.2, 0.25) is 0 Å². The Labute approximate surface area is 165 Å². The van der Waals surface area contributed by atoms with Gasteiger partial charge in [-0.1, -0.05) is 15.9 Å². The summed E-state index contributed by atoms with van der Waals surface area (Å²) in [5, 5.41) is 19.8. The average Bonchev–Trinajstić information content (AvgIpc) is 2.62. The van der Waals surface area contributed by atoms with Gasteiger partial charge in [-0.2, -0.15) is 5.26 Å². The smallest absolute Gasteiger partial charge is 0.259 e. The molecule has 0 aliphatic rings. The van der Waals surface area contributed by atoms with Gasteiger partial charge in [-0.3, -0.25) is 4.79 Å². The highest BCUT2D eigenvalue weighted by atomic mass is 79.9. The van der Waals surface area contributed by atoms with Crippen LogP contribution in [0.15, 0.2) is 44.1 Å². The van der Waals surface area contributed by atoms with Gasteiger partial charge in [0.2, 0.25) is 0 Å². The third-order valence-electron chi connectivity index (χ3n) is 3.62. The van der Waals surface area contributed by atoms with E-state index in [1.54, 1.807) is 36.4 Å². The second kappa shape index (κ2) is 7.32. The number of aromatic amines is 1. The third-order valence-corrected chi connectivity index (χ3v) is 4.72. The number of hydrogen-bond donors (Lipinski definition) is 2. The number of nitrogens with zero attached hydrogens (tertiary/aromatic N) is 2. The first kappa shape index (κ1) is 18.2. The normalized spacial score (nSPS) is 11.4. The number of phenolic OH excluding ortho intramolecular Hbond substituents is 1. The molecule has 0 aliphatic heterocycles. The summed E-state index contributed by atoms with van der Waals surface area (Å²) in [5.74, 6) is 0.384. The molecule has 8 heteroatoms. The van der Waals surface area contributed by atoms with Crippen LogP contribution in [-0.4, -0.2) is 22.2 Å². The topological polar surface area (TPSA) is 99.0 Å². The molecule has 1 aromatic heterocycles. The summed E-state index contributed by atoms with van der Waals surface area (Å²) in [4.78, 5) is 19.3. The zero-order valence-corrected chi connectivity index (χ0v) is 16.6. The van der Waals surface area contributed by atoms with Crippen molar-refractivity contribution < 1.29 is 9.84 Å². The summed E-state index contributed by atoms with van der Waals surface area (Å²) < 4.78 is 6.29. The van der Waals surface area contributed by atoms with E-state index in [1.807, 2.05) is 6.07 Å². The molecule has 2 aromatic carbocycles. The molecule has 0 spiro atoms. The molecule has 3 aromatic rings. The standard InChI is InChI=1S/C18H11Br2N3O3/c1-26-15-6-9(5-13(20)16(15)24)4-10(8-21)17-22-14-3-2-11(19)7-12(14)18(25)23-17/h2-7,24H,1H3,(H,22,23,25)/b10-4+. The van der Waals surface area contributed by atoms with Gasteiger partial charge in [0.15, 0.2) is 17.3 Å². The summed E-state index contributed by atoms with van der Waals surface area (Å²) in [5.41, 5.74) is 0.919. The van der Waals surface area contributed by atoms with E-state index >= 15 is 0 Å². The minimum atomic E-state index is -0.336. The van der Waals surface area contributed by atoms with Crippen LogP contribution in [0.4, 0.5) is 0 Å². The van der Waals surface area contributed by atoms with Crippen molar-refractivity contribution >= 4 is 54.4 Å². The van der Waals surface area contributed by atoms with Crippen LogP contribution in [0.1, 0.15) is 11.4 Å². The molecule has 0 fully saturated rings. The van der Waals surface area contributed by atoms with Crippen molar-refractivity contribution in [1.29, 1.82) is 5.26 Å². The van der Waals surface area contributed by atoms with Crippen LogP contribution in [-0.2, 0) is 0 Å². The number of H-pyrrole nitrogens is 1. The number of aromatic nitrogens is 2. The molecule has 0 unspecified atom stereocenters. The Morgan fingerprint density at radius 2 is 2.12 bits per heavy atom. The average molecular weight is 477 g/mol. The van der Waals surface area contributed by atoms with Crippen molar-refractivity contribution in [3.05, 3.63) is 61.0 Å². The third kappa shape index (κ3) is 3.49. The summed E-state index contributed by atoms with van der Waals surface area (Å²) in [6, 6.07) is 10.4. The number of fused-ring (bicyclic) bond motifs is 1. The SMILES string of the molecule is COc1cc(/C=C(\C#N)c2nc3ccc(Br)cc3c(=O)[nH]2)cc(Br)c1O. The fourth-order valence-corrected chi connectivity index (χ4v) is 3.21. The van der Waals surface area contributed by atoms with Crippen molar-refractivity contribution in [1.82, 2.24) is 9.97 Å². The first-order valence-electron chi connectivity index (χ1n) is 7.31. The minimum Gasteiger partial charge on any atom is -0.503 e. The van der Waals surface area contributed by atoms with Crippen molar-refractivity contribution in [2.45, 2.75) is 0 Å². The number of ether oxygens (including phenoxy) is 1. The maximum absolute atomic E-state index is 12.3. The molecule has 0 radical (unpaired) electrons. The van der Waals surface area contributed by atoms with E-state index in [1.165, 1.54) is 7.11 Å². The molecule has 0 bridgehead atoms. The van der Waals surface area contributed by atoms with Crippen LogP contribution >= 0.6 is 31.9 Å². The predicted molar refractivity (Wildman–Crippen MR) is 106 cm³/mol. The maximum Gasteiger partial charge on any atom is 0.259 e. The molecule has 3 rings (SSSR count). The van der Waals surface area contributed by atoms with E-state index < -0.39 is 0 Å². The van der Waals surface area contributed by atoms with Gasteiger partial charge in [0, 0.05) is 4.47 Å². The number of hydrogen-bond acceptors (Lipinski definition) is 5. The number of aromatic hydroxyl groups is 1. The van der Waals surface area contributed by atoms with Crippen LogP contribution in [0.3, 0.4) is 0 Å². The maximum atomic E-state index is 12.3. The zero-order valence-electron chi connectivity index (χ0n) is 13.4. The fraction of sp³-hybridized carbons (Fsp3) is 0.0556. The molecule has 26 heavy (non-hydrogen) atoms. The number of nitrogens with one attached hydrogen (secondary N) is 1. The Morgan fingerprint density at radius 1 is 1.35 bits per heavy atom. The van der Waals surface area contributed by atoms with Gasteiger partial charge in [-0.15, -0.1) is 0 Å².